The van der Waals surface area contributed by atoms with Crippen LogP contribution in [-0.2, 0) is 0 Å². The van der Waals surface area contributed by atoms with E-state index in [9.17, 15) is 0 Å². The predicted octanol–water partition coefficient (Wildman–Crippen LogP) is 3.34. The second kappa shape index (κ2) is 3.66. The van der Waals surface area contributed by atoms with Gasteiger partial charge in [-0.1, -0.05) is 25.4 Å². The van der Waals surface area contributed by atoms with Gasteiger partial charge in [0.1, 0.15) is 16.6 Å². The Morgan fingerprint density at radius 3 is 2.79 bits per heavy atom. The van der Waals surface area contributed by atoms with Crippen LogP contribution >= 0.6 is 34.2 Å². The number of fused-ring (bicyclic) bond motifs is 1. The van der Waals surface area contributed by atoms with E-state index < -0.39 is 0 Å². The van der Waals surface area contributed by atoms with Gasteiger partial charge in [0.2, 0.25) is 0 Å². The molecule has 1 N–H and O–H groups in total. The Labute approximate surface area is 100 Å². The van der Waals surface area contributed by atoms with Crippen molar-refractivity contribution in [1.82, 2.24) is 15.0 Å². The molecule has 14 heavy (non-hydrogen) atoms. The Morgan fingerprint density at radius 2 is 2.14 bits per heavy atom. The van der Waals surface area contributed by atoms with E-state index in [1.807, 2.05) is 20.0 Å². The molecule has 2 rings (SSSR count). The monoisotopic (exact) mass is 321 g/mol. The van der Waals surface area contributed by atoms with Crippen molar-refractivity contribution < 1.29 is 0 Å². The molecule has 2 aromatic heterocycles. The van der Waals surface area contributed by atoms with Crippen molar-refractivity contribution in [2.45, 2.75) is 19.8 Å². The number of aromatic amines is 1. The van der Waals surface area contributed by atoms with Crippen LogP contribution in [0, 0.1) is 3.57 Å². The van der Waals surface area contributed by atoms with Gasteiger partial charge < -0.3 is 4.98 Å². The maximum atomic E-state index is 6.08. The average Bonchev–Trinajstić information content (AvgIpc) is 2.48. The van der Waals surface area contributed by atoms with Crippen molar-refractivity contribution in [3.63, 3.8) is 0 Å². The van der Waals surface area contributed by atoms with Crippen LogP contribution in [0.4, 0.5) is 0 Å². The summed E-state index contributed by atoms with van der Waals surface area (Å²) in [4.78, 5) is 11.7. The molecule has 0 aliphatic rings. The van der Waals surface area contributed by atoms with Gasteiger partial charge in [-0.25, -0.2) is 9.97 Å². The Kier molecular flexibility index (Phi) is 2.66. The third kappa shape index (κ3) is 1.61. The number of halogens is 2. The number of hydrogen-bond acceptors (Lipinski definition) is 2. The van der Waals surface area contributed by atoms with Gasteiger partial charge in [-0.15, -0.1) is 0 Å². The van der Waals surface area contributed by atoms with E-state index in [0.717, 1.165) is 20.4 Å². The first-order valence-electron chi connectivity index (χ1n) is 4.29. The SMILES string of the molecule is CC(C)c1nc(Cl)c2c(I)c[nH]c2n1. The zero-order chi connectivity index (χ0) is 10.3. The predicted molar refractivity (Wildman–Crippen MR) is 65.7 cm³/mol. The van der Waals surface area contributed by atoms with Crippen molar-refractivity contribution in [3.05, 3.63) is 20.7 Å². The number of hydrogen-bond donors (Lipinski definition) is 1. The lowest BCUT2D eigenvalue weighted by Gasteiger charge is -2.03. The molecule has 3 nitrogen and oxygen atoms in total. The highest BCUT2D eigenvalue weighted by Crippen LogP contribution is 2.26. The van der Waals surface area contributed by atoms with E-state index in [1.54, 1.807) is 0 Å². The molecule has 0 atom stereocenters. The van der Waals surface area contributed by atoms with Crippen LogP contribution in [0.25, 0.3) is 11.0 Å². The maximum Gasteiger partial charge on any atom is 0.143 e. The summed E-state index contributed by atoms with van der Waals surface area (Å²) in [5, 5.41) is 1.45. The first-order valence-corrected chi connectivity index (χ1v) is 5.75. The molecule has 0 fully saturated rings. The van der Waals surface area contributed by atoms with E-state index >= 15 is 0 Å². The Balaban J connectivity index is 2.74. The first kappa shape index (κ1) is 10.2. The number of nitrogens with zero attached hydrogens (tertiary/aromatic N) is 2. The second-order valence-corrected chi connectivity index (χ2v) is 4.91. The molecule has 74 valence electrons. The summed E-state index contributed by atoms with van der Waals surface area (Å²) < 4.78 is 1.05. The quantitative estimate of drug-likeness (QED) is 0.646. The molecule has 0 aliphatic heterocycles. The maximum absolute atomic E-state index is 6.08. The summed E-state index contributed by atoms with van der Waals surface area (Å²) in [5.41, 5.74) is 0.818. The summed E-state index contributed by atoms with van der Waals surface area (Å²) in [6.07, 6.45) is 1.88. The molecule has 0 aromatic carbocycles. The highest BCUT2D eigenvalue weighted by atomic mass is 127. The van der Waals surface area contributed by atoms with Gasteiger partial charge in [0, 0.05) is 15.7 Å². The third-order valence-electron chi connectivity index (χ3n) is 1.97. The summed E-state index contributed by atoms with van der Waals surface area (Å²) >= 11 is 8.29. The summed E-state index contributed by atoms with van der Waals surface area (Å²) in [7, 11) is 0. The summed E-state index contributed by atoms with van der Waals surface area (Å²) in [6.45, 7) is 4.09. The number of aromatic nitrogens is 3. The van der Waals surface area contributed by atoms with E-state index in [2.05, 4.69) is 37.5 Å². The van der Waals surface area contributed by atoms with Crippen LogP contribution in [0.15, 0.2) is 6.20 Å². The Bertz CT molecular complexity index is 478. The van der Waals surface area contributed by atoms with Crippen molar-refractivity contribution in [2.75, 3.05) is 0 Å². The van der Waals surface area contributed by atoms with Gasteiger partial charge >= 0.3 is 0 Å². The van der Waals surface area contributed by atoms with Crippen LogP contribution < -0.4 is 0 Å². The second-order valence-electron chi connectivity index (χ2n) is 3.39. The smallest absolute Gasteiger partial charge is 0.143 e. The summed E-state index contributed by atoms with van der Waals surface area (Å²) in [5.74, 6) is 1.07. The lowest BCUT2D eigenvalue weighted by molar-refractivity contribution is 0.781. The van der Waals surface area contributed by atoms with Gasteiger partial charge in [0.05, 0.1) is 5.39 Å². The molecule has 0 aliphatic carbocycles. The molecule has 0 saturated heterocycles. The molecule has 0 radical (unpaired) electrons. The van der Waals surface area contributed by atoms with E-state index in [0.29, 0.717) is 5.15 Å². The zero-order valence-corrected chi connectivity index (χ0v) is 10.7. The highest BCUT2D eigenvalue weighted by molar-refractivity contribution is 14.1. The molecule has 5 heteroatoms. The molecule has 2 heterocycles. The fourth-order valence-electron chi connectivity index (χ4n) is 1.23. The van der Waals surface area contributed by atoms with Crippen LogP contribution in [0.3, 0.4) is 0 Å². The van der Waals surface area contributed by atoms with Crippen LogP contribution in [0.5, 0.6) is 0 Å². The largest absolute Gasteiger partial charge is 0.345 e. The Hall–Kier alpha value is -0.360. The lowest BCUT2D eigenvalue weighted by atomic mass is 10.2. The van der Waals surface area contributed by atoms with Crippen molar-refractivity contribution in [3.8, 4) is 0 Å². The minimum atomic E-state index is 0.290. The topological polar surface area (TPSA) is 41.6 Å². The van der Waals surface area contributed by atoms with Crippen LogP contribution in [0.1, 0.15) is 25.6 Å². The number of nitrogens with one attached hydrogen (secondary N) is 1. The van der Waals surface area contributed by atoms with Crippen molar-refractivity contribution >= 4 is 45.2 Å². The van der Waals surface area contributed by atoms with Crippen molar-refractivity contribution in [2.24, 2.45) is 0 Å². The summed E-state index contributed by atoms with van der Waals surface area (Å²) in [6, 6.07) is 0. The lowest BCUT2D eigenvalue weighted by Crippen LogP contribution is -1.98. The van der Waals surface area contributed by atoms with Crippen LogP contribution in [0.2, 0.25) is 5.15 Å². The molecular weight excluding hydrogens is 312 g/mol. The minimum Gasteiger partial charge on any atom is -0.345 e. The van der Waals surface area contributed by atoms with E-state index in [4.69, 9.17) is 11.6 Å². The minimum absolute atomic E-state index is 0.290. The molecule has 0 saturated carbocycles. The van der Waals surface area contributed by atoms with Gasteiger partial charge in [-0.3, -0.25) is 0 Å². The molecular formula is C9H9ClIN3. The highest BCUT2D eigenvalue weighted by Gasteiger charge is 2.12. The number of H-pyrrole nitrogens is 1. The van der Waals surface area contributed by atoms with Crippen LogP contribution in [-0.4, -0.2) is 15.0 Å². The molecule has 0 amide bonds. The van der Waals surface area contributed by atoms with Gasteiger partial charge in [-0.2, -0.15) is 0 Å². The Morgan fingerprint density at radius 1 is 1.43 bits per heavy atom. The zero-order valence-electron chi connectivity index (χ0n) is 7.81. The molecule has 0 bridgehead atoms. The van der Waals surface area contributed by atoms with Gasteiger partial charge in [0.15, 0.2) is 0 Å². The third-order valence-corrected chi connectivity index (χ3v) is 3.10. The van der Waals surface area contributed by atoms with E-state index in [1.165, 1.54) is 0 Å². The number of rotatable bonds is 1. The van der Waals surface area contributed by atoms with Crippen molar-refractivity contribution in [1.29, 1.82) is 0 Å². The van der Waals surface area contributed by atoms with Gasteiger partial charge in [-0.05, 0) is 22.6 Å². The molecule has 0 unspecified atom stereocenters. The standard InChI is InChI=1S/C9H9ClIN3/c1-4(2)8-13-7(10)6-5(11)3-12-9(6)14-8/h3-4H,1-2H3,(H,12,13,14). The average molecular weight is 322 g/mol. The van der Waals surface area contributed by atoms with E-state index in [-0.39, 0.29) is 5.92 Å². The fraction of sp³-hybridized carbons (Fsp3) is 0.333. The first-order chi connectivity index (χ1) is 6.59. The fourth-order valence-corrected chi connectivity index (χ4v) is 2.33. The normalized spacial score (nSPS) is 11.5. The molecule has 2 aromatic rings. The molecule has 0 spiro atoms. The van der Waals surface area contributed by atoms with Gasteiger partial charge in [0.25, 0.3) is 0 Å².